The fourth-order valence-corrected chi connectivity index (χ4v) is 2.06. The monoisotopic (exact) mass is 227 g/mol. The molecule has 0 aromatic carbocycles. The third kappa shape index (κ3) is 3.46. The van der Waals surface area contributed by atoms with Crippen LogP contribution in [0.1, 0.15) is 27.2 Å². The number of amides is 1. The highest BCUT2D eigenvalue weighted by Crippen LogP contribution is 2.20. The molecule has 4 heteroatoms. The standard InChI is InChI=1S/C12H25N3O/c1-5-14(4)11(16)10-12(2,3)15-8-6-13-7-9-15/h13H,5-10H2,1-4H3. The van der Waals surface area contributed by atoms with Crippen molar-refractivity contribution in [2.24, 2.45) is 0 Å². The van der Waals surface area contributed by atoms with E-state index in [9.17, 15) is 4.79 Å². The molecule has 0 spiro atoms. The number of carbonyl (C=O) groups is 1. The molecule has 1 aliphatic rings. The van der Waals surface area contributed by atoms with Gasteiger partial charge in [-0.15, -0.1) is 0 Å². The lowest BCUT2D eigenvalue weighted by Gasteiger charge is -2.41. The van der Waals surface area contributed by atoms with Crippen LogP contribution in [0.15, 0.2) is 0 Å². The zero-order chi connectivity index (χ0) is 12.2. The van der Waals surface area contributed by atoms with E-state index in [1.54, 1.807) is 4.90 Å². The zero-order valence-electron chi connectivity index (χ0n) is 11.0. The second-order valence-electron chi connectivity index (χ2n) is 5.13. The Morgan fingerprint density at radius 1 is 1.38 bits per heavy atom. The SMILES string of the molecule is CCN(C)C(=O)CC(C)(C)N1CCNCC1. The first-order chi connectivity index (χ1) is 7.47. The molecule has 1 fully saturated rings. The number of hydrogen-bond acceptors (Lipinski definition) is 3. The first-order valence-electron chi connectivity index (χ1n) is 6.17. The largest absolute Gasteiger partial charge is 0.346 e. The Labute approximate surface area is 99.0 Å². The highest BCUT2D eigenvalue weighted by molar-refractivity contribution is 5.77. The van der Waals surface area contributed by atoms with Crippen LogP contribution in [-0.4, -0.2) is 61.0 Å². The molecule has 94 valence electrons. The van der Waals surface area contributed by atoms with Gasteiger partial charge in [0.1, 0.15) is 0 Å². The number of nitrogens with one attached hydrogen (secondary N) is 1. The molecule has 0 aromatic heterocycles. The molecule has 1 N–H and O–H groups in total. The minimum absolute atomic E-state index is 0.0252. The Morgan fingerprint density at radius 3 is 2.44 bits per heavy atom. The molecule has 1 heterocycles. The van der Waals surface area contributed by atoms with Gasteiger partial charge in [-0.2, -0.15) is 0 Å². The molecule has 0 unspecified atom stereocenters. The fourth-order valence-electron chi connectivity index (χ4n) is 2.06. The molecule has 0 radical (unpaired) electrons. The van der Waals surface area contributed by atoms with Crippen molar-refractivity contribution in [2.45, 2.75) is 32.7 Å². The summed E-state index contributed by atoms with van der Waals surface area (Å²) in [6.45, 7) is 11.3. The first-order valence-corrected chi connectivity index (χ1v) is 6.17. The average Bonchev–Trinajstić information content (AvgIpc) is 2.28. The van der Waals surface area contributed by atoms with Gasteiger partial charge in [-0.3, -0.25) is 9.69 Å². The number of hydrogen-bond donors (Lipinski definition) is 1. The van der Waals surface area contributed by atoms with Crippen molar-refractivity contribution in [3.05, 3.63) is 0 Å². The summed E-state index contributed by atoms with van der Waals surface area (Å²) in [5, 5.41) is 3.34. The van der Waals surface area contributed by atoms with Crippen molar-refractivity contribution >= 4 is 5.91 Å². The highest BCUT2D eigenvalue weighted by atomic mass is 16.2. The summed E-state index contributed by atoms with van der Waals surface area (Å²) in [5.41, 5.74) is -0.0252. The summed E-state index contributed by atoms with van der Waals surface area (Å²) in [6, 6.07) is 0. The van der Waals surface area contributed by atoms with E-state index in [2.05, 4.69) is 24.1 Å². The molecule has 0 aromatic rings. The Morgan fingerprint density at radius 2 is 1.94 bits per heavy atom. The molecule has 16 heavy (non-hydrogen) atoms. The molecule has 0 atom stereocenters. The highest BCUT2D eigenvalue weighted by Gasteiger charge is 2.30. The lowest BCUT2D eigenvalue weighted by atomic mass is 9.96. The summed E-state index contributed by atoms with van der Waals surface area (Å²) >= 11 is 0. The number of carbonyl (C=O) groups excluding carboxylic acids is 1. The number of piperazine rings is 1. The van der Waals surface area contributed by atoms with Crippen molar-refractivity contribution in [2.75, 3.05) is 39.8 Å². The lowest BCUT2D eigenvalue weighted by molar-refractivity contribution is -0.132. The molecule has 1 saturated heterocycles. The second kappa shape index (κ2) is 5.64. The maximum absolute atomic E-state index is 11.9. The summed E-state index contributed by atoms with van der Waals surface area (Å²) in [6.07, 6.45) is 0.608. The fraction of sp³-hybridized carbons (Fsp3) is 0.917. The van der Waals surface area contributed by atoms with Crippen LogP contribution in [0.4, 0.5) is 0 Å². The van der Waals surface area contributed by atoms with Crippen LogP contribution in [0.25, 0.3) is 0 Å². The maximum Gasteiger partial charge on any atom is 0.224 e. The van der Waals surface area contributed by atoms with Crippen LogP contribution in [0.2, 0.25) is 0 Å². The van der Waals surface area contributed by atoms with Gasteiger partial charge in [0.15, 0.2) is 0 Å². The molecular weight excluding hydrogens is 202 g/mol. The first kappa shape index (κ1) is 13.5. The van der Waals surface area contributed by atoms with Crippen LogP contribution in [0.5, 0.6) is 0 Å². The van der Waals surface area contributed by atoms with Gasteiger partial charge in [-0.05, 0) is 20.8 Å². The van der Waals surface area contributed by atoms with E-state index in [1.165, 1.54) is 0 Å². The molecule has 0 saturated carbocycles. The lowest BCUT2D eigenvalue weighted by Crippen LogP contribution is -2.54. The molecule has 1 aliphatic heterocycles. The Hall–Kier alpha value is -0.610. The molecule has 0 bridgehead atoms. The van der Waals surface area contributed by atoms with Crippen LogP contribution >= 0.6 is 0 Å². The van der Waals surface area contributed by atoms with Crippen molar-refractivity contribution < 1.29 is 4.79 Å². The van der Waals surface area contributed by atoms with Crippen LogP contribution in [0, 0.1) is 0 Å². The Balaban J connectivity index is 2.52. The third-order valence-electron chi connectivity index (χ3n) is 3.46. The van der Waals surface area contributed by atoms with Gasteiger partial charge in [-0.1, -0.05) is 0 Å². The summed E-state index contributed by atoms with van der Waals surface area (Å²) in [5.74, 6) is 0.242. The molecule has 4 nitrogen and oxygen atoms in total. The smallest absolute Gasteiger partial charge is 0.224 e. The predicted octanol–water partition coefficient (Wildman–Crippen LogP) is 0.539. The van der Waals surface area contributed by atoms with Gasteiger partial charge in [0.05, 0.1) is 0 Å². The number of rotatable bonds is 4. The minimum Gasteiger partial charge on any atom is -0.346 e. The van der Waals surface area contributed by atoms with Crippen LogP contribution < -0.4 is 5.32 Å². The van der Waals surface area contributed by atoms with Gasteiger partial charge < -0.3 is 10.2 Å². The van der Waals surface area contributed by atoms with Gasteiger partial charge >= 0.3 is 0 Å². The number of nitrogens with zero attached hydrogens (tertiary/aromatic N) is 2. The summed E-state index contributed by atoms with van der Waals surface area (Å²) in [4.78, 5) is 16.1. The van der Waals surface area contributed by atoms with Gasteiger partial charge in [0.2, 0.25) is 5.91 Å². The van der Waals surface area contributed by atoms with Crippen molar-refractivity contribution in [3.63, 3.8) is 0 Å². The van der Waals surface area contributed by atoms with E-state index < -0.39 is 0 Å². The average molecular weight is 227 g/mol. The van der Waals surface area contributed by atoms with Gasteiger partial charge in [-0.25, -0.2) is 0 Å². The van der Waals surface area contributed by atoms with Gasteiger partial charge in [0.25, 0.3) is 0 Å². The topological polar surface area (TPSA) is 35.6 Å². The quantitative estimate of drug-likeness (QED) is 0.761. The zero-order valence-corrected chi connectivity index (χ0v) is 11.0. The molecule has 1 amide bonds. The van der Waals surface area contributed by atoms with E-state index in [4.69, 9.17) is 0 Å². The van der Waals surface area contributed by atoms with E-state index in [1.807, 2.05) is 14.0 Å². The summed E-state index contributed by atoms with van der Waals surface area (Å²) in [7, 11) is 1.87. The molecule has 1 rings (SSSR count). The van der Waals surface area contributed by atoms with Crippen LogP contribution in [0.3, 0.4) is 0 Å². The van der Waals surface area contributed by atoms with E-state index in [0.717, 1.165) is 32.7 Å². The summed E-state index contributed by atoms with van der Waals surface area (Å²) < 4.78 is 0. The maximum atomic E-state index is 11.9. The predicted molar refractivity (Wildman–Crippen MR) is 66.4 cm³/mol. The van der Waals surface area contributed by atoms with Gasteiger partial charge in [0, 0.05) is 51.7 Å². The van der Waals surface area contributed by atoms with E-state index >= 15 is 0 Å². The van der Waals surface area contributed by atoms with Crippen LogP contribution in [-0.2, 0) is 4.79 Å². The van der Waals surface area contributed by atoms with Crippen molar-refractivity contribution in [1.29, 1.82) is 0 Å². The normalized spacial score (nSPS) is 18.5. The van der Waals surface area contributed by atoms with Crippen molar-refractivity contribution in [1.82, 2.24) is 15.1 Å². The second-order valence-corrected chi connectivity index (χ2v) is 5.13. The van der Waals surface area contributed by atoms with Crippen molar-refractivity contribution in [3.8, 4) is 0 Å². The molecule has 0 aliphatic carbocycles. The third-order valence-corrected chi connectivity index (χ3v) is 3.46. The molecular formula is C12H25N3O. The Kier molecular flexibility index (Phi) is 4.74. The Bertz CT molecular complexity index is 234. The van der Waals surface area contributed by atoms with E-state index in [-0.39, 0.29) is 11.4 Å². The van der Waals surface area contributed by atoms with E-state index in [0.29, 0.717) is 6.42 Å². The minimum atomic E-state index is -0.0252.